The van der Waals surface area contributed by atoms with E-state index in [2.05, 4.69) is 60.6 Å². The van der Waals surface area contributed by atoms with Gasteiger partial charge in [0.15, 0.2) is 11.5 Å². The minimum Gasteiger partial charge on any atom is -0.489 e. The molecule has 0 unspecified atom stereocenters. The van der Waals surface area contributed by atoms with Crippen molar-refractivity contribution in [1.82, 2.24) is 14.5 Å². The van der Waals surface area contributed by atoms with E-state index in [1.165, 1.54) is 41.6 Å². The van der Waals surface area contributed by atoms with Crippen LogP contribution >= 0.6 is 23.2 Å². The summed E-state index contributed by atoms with van der Waals surface area (Å²) in [6.07, 6.45) is 7.22. The number of unbranched alkanes of at least 4 members (excludes halogenated alkanes) is 2. The number of halogens is 2. The Hall–Kier alpha value is -3.51. The smallest absolute Gasteiger partial charge is 0.161 e. The van der Waals surface area contributed by atoms with Crippen LogP contribution in [0.5, 0.6) is 11.5 Å². The number of hydrogen-bond donors (Lipinski definition) is 0. The fourth-order valence-electron chi connectivity index (χ4n) is 6.03. The van der Waals surface area contributed by atoms with Crippen molar-refractivity contribution in [2.24, 2.45) is 0 Å². The van der Waals surface area contributed by atoms with Crippen LogP contribution in [0, 0.1) is 0 Å². The van der Waals surface area contributed by atoms with Crippen LogP contribution in [0.2, 0.25) is 10.0 Å². The third kappa shape index (κ3) is 10.0. The highest BCUT2D eigenvalue weighted by molar-refractivity contribution is 6.30. The molecule has 254 valence electrons. The lowest BCUT2D eigenvalue weighted by Gasteiger charge is -2.17. The van der Waals surface area contributed by atoms with E-state index in [1.54, 1.807) is 0 Å². The zero-order chi connectivity index (χ0) is 33.7. The molecule has 5 rings (SSSR count). The van der Waals surface area contributed by atoms with Crippen molar-refractivity contribution in [3.63, 3.8) is 0 Å². The van der Waals surface area contributed by atoms with E-state index >= 15 is 0 Å². The van der Waals surface area contributed by atoms with E-state index in [9.17, 15) is 0 Å². The van der Waals surface area contributed by atoms with Crippen LogP contribution in [-0.4, -0.2) is 47.3 Å². The zero-order valence-electron chi connectivity index (χ0n) is 28.7. The van der Waals surface area contributed by atoms with Gasteiger partial charge in [0.1, 0.15) is 5.82 Å². The molecular formula is C41H49Cl2N3O2. The molecule has 5 aromatic rings. The number of rotatable bonds is 19. The van der Waals surface area contributed by atoms with Gasteiger partial charge in [-0.25, -0.2) is 4.98 Å². The number of hydrogen-bond acceptors (Lipinski definition) is 4. The second-order valence-electron chi connectivity index (χ2n) is 12.4. The summed E-state index contributed by atoms with van der Waals surface area (Å²) in [6.45, 7) is 12.1. The van der Waals surface area contributed by atoms with E-state index in [0.717, 1.165) is 90.2 Å². The number of nitrogens with zero attached hydrogens (tertiary/aromatic N) is 3. The lowest BCUT2D eigenvalue weighted by Crippen LogP contribution is -2.23. The van der Waals surface area contributed by atoms with Crippen LogP contribution in [0.15, 0.2) is 84.9 Å². The minimum atomic E-state index is 0.516. The van der Waals surface area contributed by atoms with Crippen LogP contribution in [-0.2, 0) is 25.8 Å². The Balaban J connectivity index is 1.38. The van der Waals surface area contributed by atoms with Gasteiger partial charge < -0.3 is 18.9 Å². The summed E-state index contributed by atoms with van der Waals surface area (Å²) < 4.78 is 15.2. The zero-order valence-corrected chi connectivity index (χ0v) is 30.2. The highest BCUT2D eigenvalue weighted by Crippen LogP contribution is 2.35. The molecule has 0 aliphatic heterocycles. The number of ether oxygens (including phenoxy) is 2. The molecule has 0 spiro atoms. The maximum Gasteiger partial charge on any atom is 0.161 e. The van der Waals surface area contributed by atoms with Crippen LogP contribution in [0.25, 0.3) is 22.4 Å². The summed E-state index contributed by atoms with van der Waals surface area (Å²) in [5.74, 6) is 2.42. The third-order valence-electron chi connectivity index (χ3n) is 8.96. The summed E-state index contributed by atoms with van der Waals surface area (Å²) in [5.41, 5.74) is 6.98. The predicted octanol–water partition coefficient (Wildman–Crippen LogP) is 10.7. The molecule has 0 aliphatic rings. The van der Waals surface area contributed by atoms with Gasteiger partial charge in [-0.05, 0) is 117 Å². The van der Waals surface area contributed by atoms with Gasteiger partial charge in [0.2, 0.25) is 0 Å². The topological polar surface area (TPSA) is 39.5 Å². The van der Waals surface area contributed by atoms with Gasteiger partial charge in [0.05, 0.1) is 24.2 Å². The quantitative estimate of drug-likeness (QED) is 0.0811. The summed E-state index contributed by atoms with van der Waals surface area (Å²) in [7, 11) is 0. The summed E-state index contributed by atoms with van der Waals surface area (Å²) in [6, 6.07) is 28.9. The molecule has 0 bridgehead atoms. The van der Waals surface area contributed by atoms with Crippen molar-refractivity contribution in [1.29, 1.82) is 0 Å². The summed E-state index contributed by atoms with van der Waals surface area (Å²) >= 11 is 12.2. The predicted molar refractivity (Wildman–Crippen MR) is 202 cm³/mol. The van der Waals surface area contributed by atoms with Crippen molar-refractivity contribution in [3.8, 4) is 22.9 Å². The van der Waals surface area contributed by atoms with Crippen molar-refractivity contribution < 1.29 is 9.47 Å². The fraction of sp³-hybridized carbons (Fsp3) is 0.390. The number of aryl methyl sites for hydroxylation is 2. The molecule has 0 atom stereocenters. The normalized spacial score (nSPS) is 11.5. The molecule has 5 nitrogen and oxygen atoms in total. The first-order valence-corrected chi connectivity index (χ1v) is 18.3. The Morgan fingerprint density at radius 2 is 1.27 bits per heavy atom. The number of imidazole rings is 1. The first-order valence-electron chi connectivity index (χ1n) is 17.6. The molecule has 7 heteroatoms. The van der Waals surface area contributed by atoms with Gasteiger partial charge in [0.25, 0.3) is 0 Å². The highest BCUT2D eigenvalue weighted by atomic mass is 35.5. The first-order chi connectivity index (χ1) is 23.5. The molecule has 1 aromatic heterocycles. The van der Waals surface area contributed by atoms with Crippen LogP contribution in [0.3, 0.4) is 0 Å². The molecule has 0 N–H and O–H groups in total. The van der Waals surface area contributed by atoms with Crippen LogP contribution < -0.4 is 9.47 Å². The molecular weight excluding hydrogens is 637 g/mol. The van der Waals surface area contributed by atoms with E-state index in [1.807, 2.05) is 54.6 Å². The van der Waals surface area contributed by atoms with Gasteiger partial charge in [-0.15, -0.1) is 0 Å². The maximum absolute atomic E-state index is 6.44. The SMILES string of the molecule is CCCCn1c(-c2ccc(OCCc3ccc(Cl)cc3)c(OCCc3ccc(Cl)cc3)c2)nc2ccc(CCCCN(CC)CC)cc21. The van der Waals surface area contributed by atoms with Gasteiger partial charge in [0, 0.05) is 35.0 Å². The standard InChI is InChI=1S/C41H49Cl2N3O2/c1-4-7-26-46-38-29-33(10-8-9-25-45(5-2)6-3)15-21-37(38)44-41(46)34-16-22-39(47-27-23-31-11-17-35(42)18-12-31)40(30-34)48-28-24-32-13-19-36(43)20-14-32/h11-22,29-30H,4-10,23-28H2,1-3H3. The lowest BCUT2D eigenvalue weighted by molar-refractivity contribution is 0.272. The van der Waals surface area contributed by atoms with Crippen molar-refractivity contribution in [2.45, 2.75) is 72.3 Å². The molecule has 48 heavy (non-hydrogen) atoms. The number of aromatic nitrogens is 2. The molecule has 0 radical (unpaired) electrons. The van der Waals surface area contributed by atoms with Gasteiger partial charge in [-0.2, -0.15) is 0 Å². The Kier molecular flexibility index (Phi) is 13.6. The number of benzene rings is 4. The average molecular weight is 687 g/mol. The molecule has 0 aliphatic carbocycles. The minimum absolute atomic E-state index is 0.516. The Labute approximate surface area is 296 Å². The van der Waals surface area contributed by atoms with Crippen LogP contribution in [0.4, 0.5) is 0 Å². The third-order valence-corrected chi connectivity index (χ3v) is 9.46. The average Bonchev–Trinajstić information content (AvgIpc) is 3.47. The summed E-state index contributed by atoms with van der Waals surface area (Å²) in [4.78, 5) is 7.67. The van der Waals surface area contributed by atoms with E-state index in [0.29, 0.717) is 13.2 Å². The first kappa shape index (κ1) is 35.8. The van der Waals surface area contributed by atoms with Gasteiger partial charge >= 0.3 is 0 Å². The Morgan fingerprint density at radius 1 is 0.646 bits per heavy atom. The molecule has 0 fully saturated rings. The Morgan fingerprint density at radius 3 is 1.90 bits per heavy atom. The monoisotopic (exact) mass is 685 g/mol. The molecule has 4 aromatic carbocycles. The largest absolute Gasteiger partial charge is 0.489 e. The highest BCUT2D eigenvalue weighted by Gasteiger charge is 2.16. The fourth-order valence-corrected chi connectivity index (χ4v) is 6.28. The molecule has 0 saturated carbocycles. The van der Waals surface area contributed by atoms with E-state index in [4.69, 9.17) is 37.7 Å². The van der Waals surface area contributed by atoms with Crippen LogP contribution in [0.1, 0.15) is 63.1 Å². The second kappa shape index (κ2) is 18.3. The number of fused-ring (bicyclic) bond motifs is 1. The Bertz CT molecular complexity index is 1710. The second-order valence-corrected chi connectivity index (χ2v) is 13.2. The molecule has 0 amide bonds. The van der Waals surface area contributed by atoms with E-state index < -0.39 is 0 Å². The summed E-state index contributed by atoms with van der Waals surface area (Å²) in [5, 5.41) is 1.47. The van der Waals surface area contributed by atoms with Gasteiger partial charge in [-0.1, -0.05) is 80.7 Å². The maximum atomic E-state index is 6.44. The van der Waals surface area contributed by atoms with E-state index in [-0.39, 0.29) is 0 Å². The van der Waals surface area contributed by atoms with Gasteiger partial charge in [-0.3, -0.25) is 0 Å². The van der Waals surface area contributed by atoms with Crippen molar-refractivity contribution >= 4 is 34.2 Å². The van der Waals surface area contributed by atoms with Crippen molar-refractivity contribution in [2.75, 3.05) is 32.8 Å². The molecule has 1 heterocycles. The lowest BCUT2D eigenvalue weighted by atomic mass is 10.1. The molecule has 0 saturated heterocycles. The van der Waals surface area contributed by atoms with Crippen molar-refractivity contribution in [3.05, 3.63) is 112 Å².